The number of rotatable bonds is 4. The quantitative estimate of drug-likeness (QED) is 0.849. The minimum absolute atomic E-state index is 0.200. The van der Waals surface area contributed by atoms with Crippen LogP contribution >= 0.6 is 0 Å². The zero-order valence-corrected chi connectivity index (χ0v) is 10.5. The second-order valence-electron chi connectivity index (χ2n) is 4.05. The van der Waals surface area contributed by atoms with Gasteiger partial charge in [0, 0.05) is 25.4 Å². The molecule has 1 atom stereocenters. The Kier molecular flexibility index (Phi) is 3.31. The molecule has 0 spiro atoms. The van der Waals surface area contributed by atoms with Crippen LogP contribution in [-0.2, 0) is 11.8 Å². The topological polar surface area (TPSA) is 85.0 Å². The molecule has 0 aliphatic heterocycles. The van der Waals surface area contributed by atoms with Gasteiger partial charge >= 0.3 is 0 Å². The van der Waals surface area contributed by atoms with Crippen LogP contribution in [0.15, 0.2) is 22.9 Å². The van der Waals surface area contributed by atoms with Crippen molar-refractivity contribution < 1.29 is 9.32 Å². The van der Waals surface area contributed by atoms with Crippen LogP contribution in [0, 0.1) is 6.92 Å². The summed E-state index contributed by atoms with van der Waals surface area (Å²) < 4.78 is 6.53. The first-order valence-electron chi connectivity index (χ1n) is 5.55. The molecule has 2 heterocycles. The number of anilines is 2. The molecule has 0 fully saturated rings. The molecule has 96 valence electrons. The predicted octanol–water partition coefficient (Wildman–Crippen LogP) is 1.16. The van der Waals surface area contributed by atoms with E-state index >= 15 is 0 Å². The first kappa shape index (κ1) is 12.2. The average Bonchev–Trinajstić information content (AvgIpc) is 2.88. The molecule has 7 nitrogen and oxygen atoms in total. The van der Waals surface area contributed by atoms with Gasteiger partial charge in [0.1, 0.15) is 17.6 Å². The molecule has 0 aliphatic rings. The van der Waals surface area contributed by atoms with Gasteiger partial charge in [0.2, 0.25) is 5.91 Å². The summed E-state index contributed by atoms with van der Waals surface area (Å²) in [5.41, 5.74) is 0. The summed E-state index contributed by atoms with van der Waals surface area (Å²) in [5, 5.41) is 13.5. The van der Waals surface area contributed by atoms with Crippen molar-refractivity contribution >= 4 is 17.5 Å². The monoisotopic (exact) mass is 249 g/mol. The zero-order chi connectivity index (χ0) is 13.1. The van der Waals surface area contributed by atoms with E-state index in [4.69, 9.17) is 4.52 Å². The van der Waals surface area contributed by atoms with Gasteiger partial charge in [0.25, 0.3) is 0 Å². The molecule has 2 rings (SSSR count). The summed E-state index contributed by atoms with van der Waals surface area (Å²) in [6.45, 7) is 3.51. The molecule has 2 N–H and O–H groups in total. The van der Waals surface area contributed by atoms with Gasteiger partial charge in [0.05, 0.1) is 0 Å². The van der Waals surface area contributed by atoms with Crippen molar-refractivity contribution in [2.75, 3.05) is 10.6 Å². The van der Waals surface area contributed by atoms with Gasteiger partial charge in [-0.15, -0.1) is 0 Å². The number of hydrogen-bond acceptors (Lipinski definition) is 5. The summed E-state index contributed by atoms with van der Waals surface area (Å²) >= 11 is 0. The third-order valence-electron chi connectivity index (χ3n) is 2.35. The van der Waals surface area contributed by atoms with Gasteiger partial charge in [-0.05, 0) is 13.8 Å². The van der Waals surface area contributed by atoms with Crippen LogP contribution in [0.3, 0.4) is 0 Å². The van der Waals surface area contributed by atoms with E-state index in [2.05, 4.69) is 20.9 Å². The van der Waals surface area contributed by atoms with Crippen molar-refractivity contribution in [2.45, 2.75) is 19.9 Å². The lowest BCUT2D eigenvalue weighted by atomic mass is 10.3. The van der Waals surface area contributed by atoms with Crippen LogP contribution in [-0.4, -0.2) is 26.9 Å². The Hall–Kier alpha value is -2.31. The minimum Gasteiger partial charge on any atom is -0.360 e. The maximum Gasteiger partial charge on any atom is 0.247 e. The maximum atomic E-state index is 11.8. The number of carbonyl (C=O) groups is 1. The van der Waals surface area contributed by atoms with Gasteiger partial charge in [-0.1, -0.05) is 5.16 Å². The molecular weight excluding hydrogens is 234 g/mol. The number of nitrogens with zero attached hydrogens (tertiary/aromatic N) is 3. The highest BCUT2D eigenvalue weighted by molar-refractivity contribution is 5.95. The van der Waals surface area contributed by atoms with E-state index in [9.17, 15) is 4.79 Å². The number of nitrogens with one attached hydrogen (secondary N) is 2. The summed E-state index contributed by atoms with van der Waals surface area (Å²) in [4.78, 5) is 11.8. The van der Waals surface area contributed by atoms with Crippen LogP contribution in [0.25, 0.3) is 0 Å². The summed E-state index contributed by atoms with van der Waals surface area (Å²) in [6, 6.07) is 3.03. The van der Waals surface area contributed by atoms with E-state index in [1.54, 1.807) is 36.9 Å². The Balaban J connectivity index is 1.92. The zero-order valence-electron chi connectivity index (χ0n) is 10.5. The van der Waals surface area contributed by atoms with Crippen molar-refractivity contribution in [1.82, 2.24) is 14.9 Å². The standard InChI is InChI=1S/C11H15N5O2/c1-7-6-10(15-18-7)13-11(17)8(2)12-9-4-5-16(3)14-9/h4-6,8H,1-3H3,(H,12,14)(H,13,15,17). The van der Waals surface area contributed by atoms with Crippen LogP contribution in [0.2, 0.25) is 0 Å². The minimum atomic E-state index is -0.420. The summed E-state index contributed by atoms with van der Waals surface area (Å²) in [6.07, 6.45) is 1.80. The lowest BCUT2D eigenvalue weighted by Gasteiger charge is -2.11. The van der Waals surface area contributed by atoms with Gasteiger partial charge in [-0.2, -0.15) is 5.10 Å². The SMILES string of the molecule is Cc1cc(NC(=O)C(C)Nc2ccn(C)n2)no1. The maximum absolute atomic E-state index is 11.8. The fraction of sp³-hybridized carbons (Fsp3) is 0.364. The molecule has 18 heavy (non-hydrogen) atoms. The van der Waals surface area contributed by atoms with Crippen LogP contribution < -0.4 is 10.6 Å². The molecule has 0 saturated carbocycles. The van der Waals surface area contributed by atoms with Gasteiger partial charge in [0.15, 0.2) is 5.82 Å². The van der Waals surface area contributed by atoms with Crippen molar-refractivity contribution in [3.05, 3.63) is 24.1 Å². The third kappa shape index (κ3) is 2.88. The molecule has 1 unspecified atom stereocenters. The van der Waals surface area contributed by atoms with E-state index in [0.29, 0.717) is 17.4 Å². The number of aromatic nitrogens is 3. The lowest BCUT2D eigenvalue weighted by molar-refractivity contribution is -0.116. The Bertz CT molecular complexity index is 545. The second kappa shape index (κ2) is 4.91. The van der Waals surface area contributed by atoms with E-state index in [1.807, 2.05) is 7.05 Å². The van der Waals surface area contributed by atoms with E-state index in [1.165, 1.54) is 0 Å². The van der Waals surface area contributed by atoms with Crippen LogP contribution in [0.4, 0.5) is 11.6 Å². The average molecular weight is 249 g/mol. The molecule has 7 heteroatoms. The van der Waals surface area contributed by atoms with E-state index in [0.717, 1.165) is 0 Å². The smallest absolute Gasteiger partial charge is 0.247 e. The van der Waals surface area contributed by atoms with Crippen molar-refractivity contribution in [3.63, 3.8) is 0 Å². The first-order valence-corrected chi connectivity index (χ1v) is 5.55. The molecule has 0 radical (unpaired) electrons. The van der Waals surface area contributed by atoms with Gasteiger partial charge < -0.3 is 15.2 Å². The van der Waals surface area contributed by atoms with E-state index < -0.39 is 6.04 Å². The summed E-state index contributed by atoms with van der Waals surface area (Å²) in [5.74, 6) is 1.51. The molecule has 2 aromatic rings. The molecule has 1 amide bonds. The van der Waals surface area contributed by atoms with Crippen molar-refractivity contribution in [2.24, 2.45) is 7.05 Å². The number of aryl methyl sites for hydroxylation is 2. The van der Waals surface area contributed by atoms with E-state index in [-0.39, 0.29) is 5.91 Å². The Morgan fingerprint density at radius 3 is 2.83 bits per heavy atom. The Morgan fingerprint density at radius 1 is 1.50 bits per heavy atom. The molecular formula is C11H15N5O2. The molecule has 0 saturated heterocycles. The first-order chi connectivity index (χ1) is 8.54. The predicted molar refractivity (Wildman–Crippen MR) is 66.2 cm³/mol. The van der Waals surface area contributed by atoms with Crippen LogP contribution in [0.1, 0.15) is 12.7 Å². The summed E-state index contributed by atoms with van der Waals surface area (Å²) in [7, 11) is 1.81. The van der Waals surface area contributed by atoms with Gasteiger partial charge in [-0.25, -0.2) is 0 Å². The molecule has 2 aromatic heterocycles. The second-order valence-corrected chi connectivity index (χ2v) is 4.05. The highest BCUT2D eigenvalue weighted by atomic mass is 16.5. The number of amides is 1. The molecule has 0 bridgehead atoms. The highest BCUT2D eigenvalue weighted by Gasteiger charge is 2.15. The van der Waals surface area contributed by atoms with Gasteiger partial charge in [-0.3, -0.25) is 9.48 Å². The lowest BCUT2D eigenvalue weighted by Crippen LogP contribution is -2.32. The Labute approximate surface area is 104 Å². The largest absolute Gasteiger partial charge is 0.360 e. The van der Waals surface area contributed by atoms with Crippen molar-refractivity contribution in [3.8, 4) is 0 Å². The Morgan fingerprint density at radius 2 is 2.28 bits per heavy atom. The van der Waals surface area contributed by atoms with Crippen LogP contribution in [0.5, 0.6) is 0 Å². The van der Waals surface area contributed by atoms with Crippen molar-refractivity contribution in [1.29, 1.82) is 0 Å². The number of hydrogen-bond donors (Lipinski definition) is 2. The fourth-order valence-electron chi connectivity index (χ4n) is 1.44. The fourth-order valence-corrected chi connectivity index (χ4v) is 1.44. The molecule has 0 aromatic carbocycles. The highest BCUT2D eigenvalue weighted by Crippen LogP contribution is 2.09. The molecule has 0 aliphatic carbocycles. The number of carbonyl (C=O) groups excluding carboxylic acids is 1. The normalized spacial score (nSPS) is 12.2. The third-order valence-corrected chi connectivity index (χ3v) is 2.35.